The van der Waals surface area contributed by atoms with Gasteiger partial charge >= 0.3 is 0 Å². The van der Waals surface area contributed by atoms with E-state index in [1.165, 1.54) is 0 Å². The van der Waals surface area contributed by atoms with Gasteiger partial charge in [-0.2, -0.15) is 0 Å². The van der Waals surface area contributed by atoms with E-state index >= 15 is 0 Å². The Kier molecular flexibility index (Phi) is 5.21. The summed E-state index contributed by atoms with van der Waals surface area (Å²) in [6.07, 6.45) is 2.30. The van der Waals surface area contributed by atoms with Gasteiger partial charge in [-0.3, -0.25) is 9.59 Å². The molecule has 0 bridgehead atoms. The van der Waals surface area contributed by atoms with E-state index < -0.39 is 0 Å². The molecule has 2 aliphatic rings. The molecule has 5 nitrogen and oxygen atoms in total. The zero-order chi connectivity index (χ0) is 13.3. The second-order valence-electron chi connectivity index (χ2n) is 6.12. The first kappa shape index (κ1) is 16.2. The number of halogens is 1. The molecular formula is C13H24ClN3O2. The van der Waals surface area contributed by atoms with Crippen molar-refractivity contribution >= 4 is 24.2 Å². The van der Waals surface area contributed by atoms with Crippen molar-refractivity contribution < 1.29 is 9.59 Å². The van der Waals surface area contributed by atoms with Gasteiger partial charge in [0, 0.05) is 32.1 Å². The maximum absolute atomic E-state index is 12.2. The van der Waals surface area contributed by atoms with Crippen LogP contribution in [0, 0.1) is 5.41 Å². The predicted molar refractivity (Wildman–Crippen MR) is 76.0 cm³/mol. The first-order valence-corrected chi connectivity index (χ1v) is 6.71. The highest BCUT2D eigenvalue weighted by molar-refractivity contribution is 5.86. The van der Waals surface area contributed by atoms with Crippen LogP contribution in [0.2, 0.25) is 0 Å². The van der Waals surface area contributed by atoms with E-state index in [1.807, 2.05) is 4.90 Å². The van der Waals surface area contributed by atoms with Crippen LogP contribution in [0.3, 0.4) is 0 Å². The molecule has 110 valence electrons. The average molecular weight is 290 g/mol. The number of hydrogen-bond donors (Lipinski definition) is 1. The van der Waals surface area contributed by atoms with Gasteiger partial charge in [-0.1, -0.05) is 13.8 Å². The van der Waals surface area contributed by atoms with Crippen LogP contribution in [0.15, 0.2) is 0 Å². The van der Waals surface area contributed by atoms with Crippen molar-refractivity contribution in [1.29, 1.82) is 0 Å². The molecule has 6 heteroatoms. The molecule has 0 aromatic rings. The smallest absolute Gasteiger partial charge is 0.242 e. The first-order valence-electron chi connectivity index (χ1n) is 6.71. The van der Waals surface area contributed by atoms with Crippen molar-refractivity contribution in [3.05, 3.63) is 0 Å². The number of rotatable bonds is 2. The van der Waals surface area contributed by atoms with Crippen molar-refractivity contribution in [2.24, 2.45) is 11.1 Å². The van der Waals surface area contributed by atoms with Crippen LogP contribution >= 0.6 is 12.4 Å². The highest BCUT2D eigenvalue weighted by Gasteiger charge is 2.36. The molecule has 2 fully saturated rings. The van der Waals surface area contributed by atoms with E-state index in [4.69, 9.17) is 5.73 Å². The topological polar surface area (TPSA) is 66.6 Å². The van der Waals surface area contributed by atoms with Crippen LogP contribution in [-0.2, 0) is 9.59 Å². The monoisotopic (exact) mass is 289 g/mol. The van der Waals surface area contributed by atoms with Crippen molar-refractivity contribution in [3.8, 4) is 0 Å². The fourth-order valence-corrected chi connectivity index (χ4v) is 2.72. The summed E-state index contributed by atoms with van der Waals surface area (Å²) < 4.78 is 0. The van der Waals surface area contributed by atoms with Crippen molar-refractivity contribution in [2.75, 3.05) is 26.2 Å². The number of carbonyl (C=O) groups excluding carboxylic acids is 2. The number of amides is 2. The van der Waals surface area contributed by atoms with E-state index in [-0.39, 0.29) is 42.2 Å². The van der Waals surface area contributed by atoms with Gasteiger partial charge in [0.1, 0.15) is 0 Å². The predicted octanol–water partition coefficient (Wildman–Crippen LogP) is 0.616. The molecule has 2 heterocycles. The highest BCUT2D eigenvalue weighted by atomic mass is 35.5. The summed E-state index contributed by atoms with van der Waals surface area (Å²) in [5.41, 5.74) is 6.02. The summed E-state index contributed by atoms with van der Waals surface area (Å²) in [6, 6.07) is 0.148. The van der Waals surface area contributed by atoms with Gasteiger partial charge in [-0.15, -0.1) is 12.4 Å². The normalized spacial score (nSPS) is 26.3. The molecule has 0 aromatic heterocycles. The largest absolute Gasteiger partial charge is 0.341 e. The van der Waals surface area contributed by atoms with E-state index in [2.05, 4.69) is 13.8 Å². The number of nitrogens with zero attached hydrogens (tertiary/aromatic N) is 2. The second-order valence-corrected chi connectivity index (χ2v) is 6.12. The third-order valence-corrected chi connectivity index (χ3v) is 4.16. The number of nitrogens with two attached hydrogens (primary N) is 1. The van der Waals surface area contributed by atoms with Crippen molar-refractivity contribution in [3.63, 3.8) is 0 Å². The average Bonchev–Trinajstić information content (AvgIpc) is 2.68. The molecule has 2 rings (SSSR count). The van der Waals surface area contributed by atoms with E-state index in [9.17, 15) is 9.59 Å². The summed E-state index contributed by atoms with van der Waals surface area (Å²) in [5, 5.41) is 0. The molecule has 1 unspecified atom stereocenters. The molecule has 2 N–H and O–H groups in total. The molecular weight excluding hydrogens is 266 g/mol. The molecule has 2 saturated heterocycles. The Hall–Kier alpha value is -0.810. The van der Waals surface area contributed by atoms with E-state index in [1.54, 1.807) is 4.90 Å². The van der Waals surface area contributed by atoms with Crippen LogP contribution in [-0.4, -0.2) is 53.8 Å². The quantitative estimate of drug-likeness (QED) is 0.810. The zero-order valence-electron chi connectivity index (χ0n) is 11.7. The van der Waals surface area contributed by atoms with E-state index in [0.717, 1.165) is 19.4 Å². The lowest BCUT2D eigenvalue weighted by Crippen LogP contribution is -2.55. The lowest BCUT2D eigenvalue weighted by atomic mass is 9.79. The number of likely N-dealkylation sites (tertiary alicyclic amines) is 2. The summed E-state index contributed by atoms with van der Waals surface area (Å²) >= 11 is 0. The summed E-state index contributed by atoms with van der Waals surface area (Å²) in [6.45, 7) is 6.56. The van der Waals surface area contributed by atoms with Gasteiger partial charge in [0.25, 0.3) is 0 Å². The van der Waals surface area contributed by atoms with Crippen LogP contribution in [0.4, 0.5) is 0 Å². The van der Waals surface area contributed by atoms with Crippen LogP contribution < -0.4 is 5.73 Å². The molecule has 0 aromatic carbocycles. The fraction of sp³-hybridized carbons (Fsp3) is 0.846. The van der Waals surface area contributed by atoms with Gasteiger partial charge < -0.3 is 15.5 Å². The fourth-order valence-electron chi connectivity index (χ4n) is 2.72. The number of hydrogen-bond acceptors (Lipinski definition) is 3. The molecule has 0 spiro atoms. The molecule has 1 atom stereocenters. The zero-order valence-corrected chi connectivity index (χ0v) is 12.5. The molecule has 0 radical (unpaired) electrons. The van der Waals surface area contributed by atoms with Crippen LogP contribution in [0.25, 0.3) is 0 Å². The Morgan fingerprint density at radius 3 is 2.63 bits per heavy atom. The number of carbonyl (C=O) groups is 2. The highest BCUT2D eigenvalue weighted by Crippen LogP contribution is 2.27. The maximum Gasteiger partial charge on any atom is 0.242 e. The Labute approximate surface area is 120 Å². The van der Waals surface area contributed by atoms with Gasteiger partial charge in [0.2, 0.25) is 11.8 Å². The van der Waals surface area contributed by atoms with Gasteiger partial charge in [0.15, 0.2) is 0 Å². The van der Waals surface area contributed by atoms with Crippen molar-refractivity contribution in [1.82, 2.24) is 9.80 Å². The summed E-state index contributed by atoms with van der Waals surface area (Å²) in [7, 11) is 0. The Bertz CT molecular complexity index is 360. The van der Waals surface area contributed by atoms with Gasteiger partial charge in [0.05, 0.1) is 6.54 Å². The minimum atomic E-state index is -0.0388. The standard InChI is InChI=1S/C13H23N3O2.ClH/c1-13(2)9-16(7-5-10(13)14)12(18)8-15-6-3-4-11(15)17;/h10H,3-9,14H2,1-2H3;1H. The lowest BCUT2D eigenvalue weighted by Gasteiger charge is -2.43. The molecule has 0 aliphatic carbocycles. The maximum atomic E-state index is 12.2. The third-order valence-electron chi connectivity index (χ3n) is 4.16. The first-order chi connectivity index (χ1) is 8.40. The van der Waals surface area contributed by atoms with E-state index in [0.29, 0.717) is 19.5 Å². The Morgan fingerprint density at radius 1 is 1.42 bits per heavy atom. The molecule has 19 heavy (non-hydrogen) atoms. The molecule has 0 saturated carbocycles. The van der Waals surface area contributed by atoms with Crippen LogP contribution in [0.5, 0.6) is 0 Å². The Balaban J connectivity index is 0.00000180. The van der Waals surface area contributed by atoms with Crippen LogP contribution in [0.1, 0.15) is 33.1 Å². The lowest BCUT2D eigenvalue weighted by molar-refractivity contribution is -0.140. The minimum absolute atomic E-state index is 0. The molecule has 2 aliphatic heterocycles. The van der Waals surface area contributed by atoms with Crippen molar-refractivity contribution in [2.45, 2.75) is 39.2 Å². The summed E-state index contributed by atoms with van der Waals surface area (Å²) in [5.74, 6) is 0.168. The summed E-state index contributed by atoms with van der Waals surface area (Å²) in [4.78, 5) is 27.2. The minimum Gasteiger partial charge on any atom is -0.341 e. The number of piperidine rings is 1. The SMILES string of the molecule is CC1(C)CN(C(=O)CN2CCCC2=O)CCC1N.Cl. The molecule has 2 amide bonds. The Morgan fingerprint density at radius 2 is 2.11 bits per heavy atom. The van der Waals surface area contributed by atoms with Gasteiger partial charge in [-0.05, 0) is 18.3 Å². The third kappa shape index (κ3) is 3.60. The van der Waals surface area contributed by atoms with Gasteiger partial charge in [-0.25, -0.2) is 0 Å². The second kappa shape index (κ2) is 6.09.